The van der Waals surface area contributed by atoms with E-state index in [1.807, 2.05) is 20.8 Å². The molecule has 0 aliphatic carbocycles. The highest BCUT2D eigenvalue weighted by Crippen LogP contribution is 2.25. The first-order valence-electron chi connectivity index (χ1n) is 6.53. The molecule has 1 unspecified atom stereocenters. The van der Waals surface area contributed by atoms with Crippen LogP contribution in [0.15, 0.2) is 0 Å². The van der Waals surface area contributed by atoms with Gasteiger partial charge in [0.15, 0.2) is 0 Å². The summed E-state index contributed by atoms with van der Waals surface area (Å²) in [6.45, 7) is 6.57. The Morgan fingerprint density at radius 3 is 2.40 bits per heavy atom. The van der Waals surface area contributed by atoms with Crippen LogP contribution in [-0.2, 0) is 19.6 Å². The van der Waals surface area contributed by atoms with Crippen LogP contribution in [0.4, 0.5) is 0 Å². The molecule has 2 N–H and O–H groups in total. The number of sulfonamides is 1. The van der Waals surface area contributed by atoms with Gasteiger partial charge in [-0.1, -0.05) is 0 Å². The average Bonchev–Trinajstić information content (AvgIpc) is 2.65. The molecule has 1 fully saturated rings. The van der Waals surface area contributed by atoms with Crippen LogP contribution in [0, 0.1) is 5.92 Å². The molecule has 0 spiro atoms. The molecule has 1 rings (SSSR count). The van der Waals surface area contributed by atoms with E-state index in [1.54, 1.807) is 4.90 Å². The molecule has 0 aromatic heterocycles. The maximum absolute atomic E-state index is 11.9. The van der Waals surface area contributed by atoms with E-state index < -0.39 is 10.0 Å². The van der Waals surface area contributed by atoms with Crippen molar-refractivity contribution in [3.05, 3.63) is 0 Å². The molecule has 1 atom stereocenters. The van der Waals surface area contributed by atoms with Crippen LogP contribution >= 0.6 is 0 Å². The predicted octanol–water partition coefficient (Wildman–Crippen LogP) is -0.701. The van der Waals surface area contributed by atoms with Crippen LogP contribution < -0.4 is 10.0 Å². The first-order valence-corrected chi connectivity index (χ1v) is 8.42. The van der Waals surface area contributed by atoms with Gasteiger partial charge in [-0.15, -0.1) is 0 Å². The molecule has 116 valence electrons. The van der Waals surface area contributed by atoms with Crippen molar-refractivity contribution in [1.82, 2.24) is 14.9 Å². The van der Waals surface area contributed by atoms with Crippen LogP contribution in [0.5, 0.6) is 0 Å². The molecule has 1 aliphatic rings. The third-order valence-corrected chi connectivity index (χ3v) is 3.82. The van der Waals surface area contributed by atoms with Gasteiger partial charge in [0.25, 0.3) is 0 Å². The second-order valence-corrected chi connectivity index (χ2v) is 7.87. The second-order valence-electron chi connectivity index (χ2n) is 6.03. The van der Waals surface area contributed by atoms with Gasteiger partial charge in [0, 0.05) is 31.6 Å². The van der Waals surface area contributed by atoms with Gasteiger partial charge in [0.05, 0.1) is 12.2 Å². The molecule has 0 aromatic rings. The summed E-state index contributed by atoms with van der Waals surface area (Å²) in [7, 11) is -3.24. The van der Waals surface area contributed by atoms with Gasteiger partial charge in [0.1, 0.15) is 0 Å². The van der Waals surface area contributed by atoms with Gasteiger partial charge < -0.3 is 10.2 Å². The summed E-state index contributed by atoms with van der Waals surface area (Å²) in [5, 5.41) is 2.64. The maximum Gasteiger partial charge on any atom is 0.225 e. The molecule has 8 heteroatoms. The van der Waals surface area contributed by atoms with E-state index in [-0.39, 0.29) is 42.8 Å². The highest BCUT2D eigenvalue weighted by Gasteiger charge is 2.39. The summed E-state index contributed by atoms with van der Waals surface area (Å²) >= 11 is 0. The minimum Gasteiger partial charge on any atom is -0.354 e. The Labute approximate surface area is 120 Å². The van der Waals surface area contributed by atoms with E-state index in [9.17, 15) is 18.0 Å². The second kappa shape index (κ2) is 6.09. The molecule has 1 heterocycles. The molecule has 7 nitrogen and oxygen atoms in total. The SMILES string of the molecule is CC(C)(C)N1CC(C(=O)NCCNS(C)(=O)=O)CC1=O. The van der Waals surface area contributed by atoms with Crippen molar-refractivity contribution in [2.45, 2.75) is 32.7 Å². The highest BCUT2D eigenvalue weighted by atomic mass is 32.2. The van der Waals surface area contributed by atoms with Gasteiger partial charge in [0.2, 0.25) is 21.8 Å². The third kappa shape index (κ3) is 5.09. The van der Waals surface area contributed by atoms with Crippen molar-refractivity contribution >= 4 is 21.8 Å². The number of carbonyl (C=O) groups is 2. The lowest BCUT2D eigenvalue weighted by molar-refractivity contribution is -0.132. The van der Waals surface area contributed by atoms with Crippen molar-refractivity contribution in [1.29, 1.82) is 0 Å². The Kier molecular flexibility index (Phi) is 5.15. The van der Waals surface area contributed by atoms with Crippen LogP contribution in [0.25, 0.3) is 0 Å². The summed E-state index contributed by atoms with van der Waals surface area (Å²) in [4.78, 5) is 25.5. The quantitative estimate of drug-likeness (QED) is 0.657. The van der Waals surface area contributed by atoms with E-state index in [1.165, 1.54) is 0 Å². The fraction of sp³-hybridized carbons (Fsp3) is 0.833. The van der Waals surface area contributed by atoms with Crippen molar-refractivity contribution in [3.63, 3.8) is 0 Å². The van der Waals surface area contributed by atoms with Crippen LogP contribution in [0.1, 0.15) is 27.2 Å². The molecule has 0 saturated carbocycles. The Hall–Kier alpha value is -1.15. The number of rotatable bonds is 5. The van der Waals surface area contributed by atoms with E-state index in [0.717, 1.165) is 6.26 Å². The lowest BCUT2D eigenvalue weighted by Gasteiger charge is -2.31. The van der Waals surface area contributed by atoms with Crippen LogP contribution in [0.2, 0.25) is 0 Å². The minimum absolute atomic E-state index is 0.0214. The number of hydrogen-bond acceptors (Lipinski definition) is 4. The van der Waals surface area contributed by atoms with Gasteiger partial charge in [-0.25, -0.2) is 13.1 Å². The van der Waals surface area contributed by atoms with Gasteiger partial charge in [-0.2, -0.15) is 0 Å². The van der Waals surface area contributed by atoms with Crippen molar-refractivity contribution < 1.29 is 18.0 Å². The Bertz CT molecular complexity index is 481. The fourth-order valence-electron chi connectivity index (χ4n) is 2.10. The topological polar surface area (TPSA) is 95.6 Å². The van der Waals surface area contributed by atoms with Crippen LogP contribution in [0.3, 0.4) is 0 Å². The highest BCUT2D eigenvalue weighted by molar-refractivity contribution is 7.88. The lowest BCUT2D eigenvalue weighted by Crippen LogP contribution is -2.43. The molecule has 0 aromatic carbocycles. The van der Waals surface area contributed by atoms with E-state index in [0.29, 0.717) is 6.54 Å². The smallest absolute Gasteiger partial charge is 0.225 e. The van der Waals surface area contributed by atoms with Crippen molar-refractivity contribution in [3.8, 4) is 0 Å². The zero-order chi connectivity index (χ0) is 15.6. The van der Waals surface area contributed by atoms with Crippen molar-refractivity contribution in [2.24, 2.45) is 5.92 Å². The monoisotopic (exact) mass is 305 g/mol. The Balaban J connectivity index is 2.41. The molecule has 0 radical (unpaired) electrons. The normalized spacial score (nSPS) is 20.3. The molecule has 2 amide bonds. The minimum atomic E-state index is -3.24. The number of likely N-dealkylation sites (tertiary alicyclic amines) is 1. The zero-order valence-corrected chi connectivity index (χ0v) is 13.2. The summed E-state index contributed by atoms with van der Waals surface area (Å²) in [5.74, 6) is -0.590. The number of hydrogen-bond donors (Lipinski definition) is 2. The lowest BCUT2D eigenvalue weighted by atomic mass is 10.1. The van der Waals surface area contributed by atoms with E-state index in [4.69, 9.17) is 0 Å². The first kappa shape index (κ1) is 16.9. The largest absolute Gasteiger partial charge is 0.354 e. The third-order valence-electron chi connectivity index (χ3n) is 3.09. The van der Waals surface area contributed by atoms with Gasteiger partial charge in [-0.3, -0.25) is 9.59 Å². The number of carbonyl (C=O) groups excluding carboxylic acids is 2. The number of nitrogens with one attached hydrogen (secondary N) is 2. The predicted molar refractivity (Wildman–Crippen MR) is 75.4 cm³/mol. The summed E-state index contributed by atoms with van der Waals surface area (Å²) in [6, 6.07) is 0. The summed E-state index contributed by atoms with van der Waals surface area (Å²) < 4.78 is 24.0. The molecular weight excluding hydrogens is 282 g/mol. The van der Waals surface area contributed by atoms with E-state index in [2.05, 4.69) is 10.0 Å². The number of nitrogens with zero attached hydrogens (tertiary/aromatic N) is 1. The Morgan fingerprint density at radius 2 is 1.95 bits per heavy atom. The van der Waals surface area contributed by atoms with Gasteiger partial charge >= 0.3 is 0 Å². The molecular formula is C12H23N3O4S. The van der Waals surface area contributed by atoms with Gasteiger partial charge in [-0.05, 0) is 20.8 Å². The molecule has 20 heavy (non-hydrogen) atoms. The molecule has 1 saturated heterocycles. The van der Waals surface area contributed by atoms with Crippen molar-refractivity contribution in [2.75, 3.05) is 25.9 Å². The average molecular weight is 305 g/mol. The summed E-state index contributed by atoms with van der Waals surface area (Å²) in [5.41, 5.74) is -0.288. The number of amides is 2. The van der Waals surface area contributed by atoms with Crippen LogP contribution in [-0.4, -0.2) is 56.6 Å². The maximum atomic E-state index is 11.9. The summed E-state index contributed by atoms with van der Waals surface area (Å²) in [6.07, 6.45) is 1.27. The molecule has 1 aliphatic heterocycles. The van der Waals surface area contributed by atoms with E-state index >= 15 is 0 Å². The first-order chi connectivity index (χ1) is 9.00. The molecule has 0 bridgehead atoms. The zero-order valence-electron chi connectivity index (χ0n) is 12.4. The Morgan fingerprint density at radius 1 is 1.35 bits per heavy atom. The fourth-order valence-corrected chi connectivity index (χ4v) is 2.57. The standard InChI is InChI=1S/C12H23N3O4S/c1-12(2,3)15-8-9(7-10(15)16)11(17)13-5-6-14-20(4,18)19/h9,14H,5-8H2,1-4H3,(H,13,17).